The van der Waals surface area contributed by atoms with Gasteiger partial charge >= 0.3 is 5.97 Å². The standard InChI is InChI=1S/C18H20N2O4/c21-17(20-13-7-2-1-3-8-13)16(14-9-4-5-11-19-14)24-18(22)15-10-6-12-23-15/h4-6,9-13,16H,1-3,7-8H2,(H,20,21)/t16-/m0/s1. The fourth-order valence-electron chi connectivity index (χ4n) is 2.86. The number of esters is 1. The molecule has 24 heavy (non-hydrogen) atoms. The molecule has 0 saturated heterocycles. The highest BCUT2D eigenvalue weighted by Gasteiger charge is 2.29. The van der Waals surface area contributed by atoms with E-state index in [1.54, 1.807) is 30.5 Å². The van der Waals surface area contributed by atoms with Crippen LogP contribution < -0.4 is 5.32 Å². The number of hydrogen-bond acceptors (Lipinski definition) is 5. The molecule has 2 heterocycles. The Hall–Kier alpha value is -2.63. The molecule has 0 radical (unpaired) electrons. The molecule has 1 N–H and O–H groups in total. The van der Waals surface area contributed by atoms with Crippen molar-refractivity contribution < 1.29 is 18.7 Å². The number of carbonyl (C=O) groups excluding carboxylic acids is 2. The zero-order chi connectivity index (χ0) is 16.8. The number of nitrogens with zero attached hydrogens (tertiary/aromatic N) is 1. The number of amides is 1. The molecule has 0 spiro atoms. The lowest BCUT2D eigenvalue weighted by Gasteiger charge is -2.25. The van der Waals surface area contributed by atoms with Crippen molar-refractivity contribution in [3.8, 4) is 0 Å². The molecule has 6 heteroatoms. The van der Waals surface area contributed by atoms with Gasteiger partial charge in [0, 0.05) is 12.2 Å². The van der Waals surface area contributed by atoms with Crippen LogP contribution in [0.5, 0.6) is 0 Å². The van der Waals surface area contributed by atoms with Gasteiger partial charge in [-0.2, -0.15) is 0 Å². The van der Waals surface area contributed by atoms with E-state index >= 15 is 0 Å². The van der Waals surface area contributed by atoms with E-state index in [1.165, 1.54) is 18.8 Å². The van der Waals surface area contributed by atoms with Gasteiger partial charge in [-0.1, -0.05) is 25.3 Å². The smallest absolute Gasteiger partial charge is 0.375 e. The van der Waals surface area contributed by atoms with E-state index in [1.807, 2.05) is 0 Å². The van der Waals surface area contributed by atoms with Crippen molar-refractivity contribution in [2.45, 2.75) is 44.2 Å². The maximum absolute atomic E-state index is 12.7. The Bertz CT molecular complexity index is 664. The molecule has 0 aliphatic heterocycles. The van der Waals surface area contributed by atoms with Crippen LogP contribution in [0.1, 0.15) is 54.5 Å². The van der Waals surface area contributed by atoms with Crippen LogP contribution in [0.2, 0.25) is 0 Å². The summed E-state index contributed by atoms with van der Waals surface area (Å²) in [5, 5.41) is 2.98. The highest BCUT2D eigenvalue weighted by atomic mass is 16.6. The summed E-state index contributed by atoms with van der Waals surface area (Å²) in [5.74, 6) is -0.976. The Morgan fingerprint density at radius 3 is 2.67 bits per heavy atom. The third-order valence-electron chi connectivity index (χ3n) is 4.09. The lowest BCUT2D eigenvalue weighted by atomic mass is 9.95. The number of carbonyl (C=O) groups is 2. The van der Waals surface area contributed by atoms with E-state index < -0.39 is 12.1 Å². The highest BCUT2D eigenvalue weighted by molar-refractivity contribution is 5.90. The minimum atomic E-state index is -1.09. The average molecular weight is 328 g/mol. The number of pyridine rings is 1. The number of aromatic nitrogens is 1. The van der Waals surface area contributed by atoms with Gasteiger partial charge in [0.15, 0.2) is 0 Å². The fraction of sp³-hybridized carbons (Fsp3) is 0.389. The molecule has 1 aliphatic carbocycles. The first-order valence-corrected chi connectivity index (χ1v) is 8.20. The first kappa shape index (κ1) is 16.2. The van der Waals surface area contributed by atoms with Crippen LogP contribution in [0.4, 0.5) is 0 Å². The van der Waals surface area contributed by atoms with E-state index in [-0.39, 0.29) is 17.7 Å². The van der Waals surface area contributed by atoms with Crippen molar-refractivity contribution >= 4 is 11.9 Å². The first-order valence-electron chi connectivity index (χ1n) is 8.20. The van der Waals surface area contributed by atoms with Gasteiger partial charge < -0.3 is 14.5 Å². The average Bonchev–Trinajstić information content (AvgIpc) is 3.16. The number of furan rings is 1. The Morgan fingerprint density at radius 2 is 2.00 bits per heavy atom. The maximum Gasteiger partial charge on any atom is 0.375 e. The Balaban J connectivity index is 1.74. The summed E-state index contributed by atoms with van der Waals surface area (Å²) < 4.78 is 10.4. The number of rotatable bonds is 5. The van der Waals surface area contributed by atoms with Gasteiger partial charge in [0.05, 0.1) is 12.0 Å². The predicted molar refractivity (Wildman–Crippen MR) is 86.1 cm³/mol. The van der Waals surface area contributed by atoms with Crippen molar-refractivity contribution in [2.75, 3.05) is 0 Å². The molecule has 1 fully saturated rings. The van der Waals surface area contributed by atoms with Crippen molar-refractivity contribution in [3.63, 3.8) is 0 Å². The molecule has 1 atom stereocenters. The van der Waals surface area contributed by atoms with Gasteiger partial charge in [0.25, 0.3) is 5.91 Å². The van der Waals surface area contributed by atoms with Crippen LogP contribution in [0.25, 0.3) is 0 Å². The summed E-state index contributed by atoms with van der Waals surface area (Å²) in [4.78, 5) is 29.0. The molecule has 0 bridgehead atoms. The highest BCUT2D eigenvalue weighted by Crippen LogP contribution is 2.21. The molecule has 2 aromatic heterocycles. The monoisotopic (exact) mass is 328 g/mol. The van der Waals surface area contributed by atoms with Gasteiger partial charge in [-0.3, -0.25) is 9.78 Å². The van der Waals surface area contributed by atoms with Gasteiger partial charge in [-0.15, -0.1) is 0 Å². The van der Waals surface area contributed by atoms with Crippen LogP contribution in [-0.4, -0.2) is 22.9 Å². The molecule has 0 unspecified atom stereocenters. The Morgan fingerprint density at radius 1 is 1.17 bits per heavy atom. The molecule has 2 aromatic rings. The second-order valence-electron chi connectivity index (χ2n) is 5.86. The largest absolute Gasteiger partial charge is 0.457 e. The van der Waals surface area contributed by atoms with Crippen LogP contribution in [0.3, 0.4) is 0 Å². The normalized spacial score (nSPS) is 16.3. The summed E-state index contributed by atoms with van der Waals surface area (Å²) in [5.41, 5.74) is 0.394. The molecule has 1 aliphatic rings. The van der Waals surface area contributed by atoms with Crippen molar-refractivity contribution in [1.29, 1.82) is 0 Å². The molecule has 1 saturated carbocycles. The lowest BCUT2D eigenvalue weighted by molar-refractivity contribution is -0.131. The third kappa shape index (κ3) is 4.01. The van der Waals surface area contributed by atoms with Crippen LogP contribution >= 0.6 is 0 Å². The Labute approximate surface area is 140 Å². The van der Waals surface area contributed by atoms with E-state index in [9.17, 15) is 9.59 Å². The van der Waals surface area contributed by atoms with Crippen LogP contribution in [0.15, 0.2) is 47.2 Å². The van der Waals surface area contributed by atoms with Gasteiger partial charge in [-0.05, 0) is 37.1 Å². The summed E-state index contributed by atoms with van der Waals surface area (Å²) in [6, 6.07) is 8.38. The molecule has 6 nitrogen and oxygen atoms in total. The van der Waals surface area contributed by atoms with Crippen LogP contribution in [-0.2, 0) is 9.53 Å². The molecule has 3 rings (SSSR count). The quantitative estimate of drug-likeness (QED) is 0.853. The number of hydrogen-bond donors (Lipinski definition) is 1. The van der Waals surface area contributed by atoms with Crippen molar-refractivity contribution in [3.05, 3.63) is 54.2 Å². The summed E-state index contributed by atoms with van der Waals surface area (Å²) in [6.07, 6.45) is 7.16. The number of ether oxygens (including phenoxy) is 1. The van der Waals surface area contributed by atoms with Gasteiger partial charge in [0.2, 0.25) is 11.9 Å². The van der Waals surface area contributed by atoms with E-state index in [0.29, 0.717) is 5.69 Å². The molecular weight excluding hydrogens is 308 g/mol. The summed E-state index contributed by atoms with van der Waals surface area (Å²) in [7, 11) is 0. The molecule has 0 aromatic carbocycles. The SMILES string of the molecule is O=C(O[C@H](C(=O)NC1CCCCC1)c1ccccn1)c1ccco1. The molecule has 1 amide bonds. The predicted octanol–water partition coefficient (Wildman–Crippen LogP) is 3.02. The first-order chi connectivity index (χ1) is 11.7. The topological polar surface area (TPSA) is 81.4 Å². The van der Waals surface area contributed by atoms with Crippen LogP contribution in [0, 0.1) is 0 Å². The Kier molecular flexibility index (Phi) is 5.25. The van der Waals surface area contributed by atoms with E-state index in [0.717, 1.165) is 25.7 Å². The van der Waals surface area contributed by atoms with Crippen molar-refractivity contribution in [1.82, 2.24) is 10.3 Å². The summed E-state index contributed by atoms with van der Waals surface area (Å²) in [6.45, 7) is 0. The third-order valence-corrected chi connectivity index (χ3v) is 4.09. The van der Waals surface area contributed by atoms with E-state index in [2.05, 4.69) is 10.3 Å². The van der Waals surface area contributed by atoms with Crippen molar-refractivity contribution in [2.24, 2.45) is 0 Å². The van der Waals surface area contributed by atoms with E-state index in [4.69, 9.17) is 9.15 Å². The fourth-order valence-corrected chi connectivity index (χ4v) is 2.86. The molecule has 126 valence electrons. The lowest BCUT2D eigenvalue weighted by Crippen LogP contribution is -2.40. The van der Waals surface area contributed by atoms with Gasteiger partial charge in [-0.25, -0.2) is 4.79 Å². The second kappa shape index (κ2) is 7.77. The minimum absolute atomic E-state index is 0.0568. The maximum atomic E-state index is 12.7. The zero-order valence-electron chi connectivity index (χ0n) is 13.3. The number of nitrogens with one attached hydrogen (secondary N) is 1. The molecular formula is C18H20N2O4. The summed E-state index contributed by atoms with van der Waals surface area (Å²) >= 11 is 0. The van der Waals surface area contributed by atoms with Gasteiger partial charge in [0.1, 0.15) is 0 Å². The zero-order valence-corrected chi connectivity index (χ0v) is 13.3. The minimum Gasteiger partial charge on any atom is -0.457 e. The second-order valence-corrected chi connectivity index (χ2v) is 5.86.